The van der Waals surface area contributed by atoms with Gasteiger partial charge in [-0.1, -0.05) is 60.7 Å². The van der Waals surface area contributed by atoms with Crippen LogP contribution in [0, 0.1) is 0 Å². The van der Waals surface area contributed by atoms with Crippen molar-refractivity contribution in [2.24, 2.45) is 0 Å². The molecule has 0 radical (unpaired) electrons. The lowest BCUT2D eigenvalue weighted by Crippen LogP contribution is -2.10. The molecule has 140 valence electrons. The van der Waals surface area contributed by atoms with E-state index < -0.39 is 0 Å². The number of nitrogens with one attached hydrogen (secondary N) is 3. The van der Waals surface area contributed by atoms with Crippen molar-refractivity contribution in [1.82, 2.24) is 9.97 Å². The number of rotatable bonds is 4. The molecule has 0 saturated carbocycles. The SMILES string of the molecule is O=C1Nc2ccccc2C1=C(Nc1ccc(-c2c[nH]cn2)cc1)c1ccccc1. The smallest absolute Gasteiger partial charge is 0.258 e. The Labute approximate surface area is 168 Å². The van der Waals surface area contributed by atoms with E-state index in [1.54, 1.807) is 6.33 Å². The fourth-order valence-corrected chi connectivity index (χ4v) is 3.54. The molecular weight excluding hydrogens is 360 g/mol. The second-order valence-corrected chi connectivity index (χ2v) is 6.77. The quantitative estimate of drug-likeness (QED) is 0.437. The average Bonchev–Trinajstić information content (AvgIpc) is 3.41. The molecule has 0 unspecified atom stereocenters. The number of amides is 1. The molecule has 1 aliphatic rings. The van der Waals surface area contributed by atoms with Gasteiger partial charge in [0.15, 0.2) is 0 Å². The van der Waals surface area contributed by atoms with Gasteiger partial charge in [-0.05, 0) is 23.8 Å². The maximum atomic E-state index is 12.8. The van der Waals surface area contributed by atoms with Crippen LogP contribution in [-0.2, 0) is 4.79 Å². The molecule has 4 aromatic rings. The van der Waals surface area contributed by atoms with Gasteiger partial charge in [-0.15, -0.1) is 0 Å². The number of anilines is 2. The van der Waals surface area contributed by atoms with Gasteiger partial charge in [0.2, 0.25) is 0 Å². The fourth-order valence-electron chi connectivity index (χ4n) is 3.54. The summed E-state index contributed by atoms with van der Waals surface area (Å²) in [4.78, 5) is 20.1. The lowest BCUT2D eigenvalue weighted by atomic mass is 10.00. The van der Waals surface area contributed by atoms with Gasteiger partial charge in [0.05, 0.1) is 23.3 Å². The highest BCUT2D eigenvalue weighted by Crippen LogP contribution is 2.37. The topological polar surface area (TPSA) is 69.8 Å². The zero-order valence-electron chi connectivity index (χ0n) is 15.5. The predicted molar refractivity (Wildman–Crippen MR) is 116 cm³/mol. The van der Waals surface area contributed by atoms with Crippen molar-refractivity contribution < 1.29 is 4.79 Å². The Morgan fingerprint density at radius 3 is 2.38 bits per heavy atom. The molecule has 3 N–H and O–H groups in total. The summed E-state index contributed by atoms with van der Waals surface area (Å²) in [6.07, 6.45) is 3.52. The number of H-pyrrole nitrogens is 1. The molecule has 5 nitrogen and oxygen atoms in total. The minimum absolute atomic E-state index is 0.106. The normalized spacial score (nSPS) is 14.3. The second-order valence-electron chi connectivity index (χ2n) is 6.77. The highest BCUT2D eigenvalue weighted by atomic mass is 16.2. The molecule has 1 aromatic heterocycles. The van der Waals surface area contributed by atoms with Gasteiger partial charge in [0.1, 0.15) is 0 Å². The van der Waals surface area contributed by atoms with E-state index in [-0.39, 0.29) is 5.91 Å². The number of imidazole rings is 1. The fraction of sp³-hybridized carbons (Fsp3) is 0. The summed E-state index contributed by atoms with van der Waals surface area (Å²) in [5.41, 5.74) is 6.91. The summed E-state index contributed by atoms with van der Waals surface area (Å²) in [6.45, 7) is 0. The molecule has 0 aliphatic carbocycles. The monoisotopic (exact) mass is 378 g/mol. The largest absolute Gasteiger partial charge is 0.354 e. The Morgan fingerprint density at radius 1 is 0.862 bits per heavy atom. The van der Waals surface area contributed by atoms with Crippen LogP contribution in [0.4, 0.5) is 11.4 Å². The third kappa shape index (κ3) is 3.19. The van der Waals surface area contributed by atoms with Crippen LogP contribution in [0.3, 0.4) is 0 Å². The summed E-state index contributed by atoms with van der Waals surface area (Å²) in [6, 6.07) is 25.7. The number of carbonyl (C=O) groups excluding carboxylic acids is 1. The van der Waals surface area contributed by atoms with Crippen molar-refractivity contribution in [2.75, 3.05) is 10.6 Å². The van der Waals surface area contributed by atoms with E-state index in [4.69, 9.17) is 0 Å². The molecule has 0 fully saturated rings. The molecule has 1 aliphatic heterocycles. The maximum Gasteiger partial charge on any atom is 0.258 e. The Hall–Kier alpha value is -4.12. The number of nitrogens with zero attached hydrogens (tertiary/aromatic N) is 1. The van der Waals surface area contributed by atoms with Gasteiger partial charge in [-0.2, -0.15) is 0 Å². The number of hydrogen-bond donors (Lipinski definition) is 3. The van der Waals surface area contributed by atoms with Crippen molar-refractivity contribution in [3.8, 4) is 11.3 Å². The van der Waals surface area contributed by atoms with Crippen LogP contribution in [0.25, 0.3) is 22.5 Å². The van der Waals surface area contributed by atoms with Crippen molar-refractivity contribution >= 4 is 28.6 Å². The number of fused-ring (bicyclic) bond motifs is 1. The van der Waals surface area contributed by atoms with Crippen LogP contribution in [0.15, 0.2) is 91.4 Å². The molecule has 0 atom stereocenters. The third-order valence-electron chi connectivity index (χ3n) is 4.93. The lowest BCUT2D eigenvalue weighted by molar-refractivity contribution is -0.110. The minimum Gasteiger partial charge on any atom is -0.354 e. The number of para-hydroxylation sites is 1. The number of aromatic nitrogens is 2. The summed E-state index contributed by atoms with van der Waals surface area (Å²) in [7, 11) is 0. The average molecular weight is 378 g/mol. The van der Waals surface area contributed by atoms with Crippen molar-refractivity contribution in [3.05, 3.63) is 103 Å². The van der Waals surface area contributed by atoms with E-state index in [0.717, 1.165) is 39.5 Å². The molecule has 1 amide bonds. The molecule has 0 saturated heterocycles. The Bertz CT molecular complexity index is 1190. The van der Waals surface area contributed by atoms with Crippen LogP contribution >= 0.6 is 0 Å². The molecule has 2 heterocycles. The molecule has 5 rings (SSSR count). The molecule has 0 spiro atoms. The van der Waals surface area contributed by atoms with E-state index in [2.05, 4.69) is 20.6 Å². The number of aromatic amines is 1. The van der Waals surface area contributed by atoms with Crippen molar-refractivity contribution in [3.63, 3.8) is 0 Å². The molecule has 0 bridgehead atoms. The van der Waals surface area contributed by atoms with Crippen LogP contribution in [0.1, 0.15) is 11.1 Å². The highest BCUT2D eigenvalue weighted by molar-refractivity contribution is 6.37. The zero-order chi connectivity index (χ0) is 19.6. The van der Waals surface area contributed by atoms with Gasteiger partial charge < -0.3 is 15.6 Å². The van der Waals surface area contributed by atoms with Crippen LogP contribution < -0.4 is 10.6 Å². The van der Waals surface area contributed by atoms with Crippen LogP contribution in [-0.4, -0.2) is 15.9 Å². The first kappa shape index (κ1) is 17.0. The van der Waals surface area contributed by atoms with Crippen LogP contribution in [0.5, 0.6) is 0 Å². The van der Waals surface area contributed by atoms with Crippen molar-refractivity contribution in [1.29, 1.82) is 0 Å². The highest BCUT2D eigenvalue weighted by Gasteiger charge is 2.27. The molecule has 5 heteroatoms. The van der Waals surface area contributed by atoms with Gasteiger partial charge in [0, 0.05) is 28.7 Å². The third-order valence-corrected chi connectivity index (χ3v) is 4.93. The summed E-state index contributed by atoms with van der Waals surface area (Å²) in [5, 5.41) is 6.43. The standard InChI is InChI=1S/C24H18N4O/c29-24-22(19-8-4-5-9-20(19)28-24)23(17-6-2-1-3-7-17)27-18-12-10-16(11-13-18)21-14-25-15-26-21/h1-15,27H,(H,25,26)(H,28,29). The first-order chi connectivity index (χ1) is 14.3. The van der Waals surface area contributed by atoms with E-state index in [0.29, 0.717) is 5.57 Å². The van der Waals surface area contributed by atoms with Gasteiger partial charge in [-0.3, -0.25) is 4.79 Å². The first-order valence-corrected chi connectivity index (χ1v) is 9.36. The summed E-state index contributed by atoms with van der Waals surface area (Å²) >= 11 is 0. The molecular formula is C24H18N4O. The summed E-state index contributed by atoms with van der Waals surface area (Å²) < 4.78 is 0. The predicted octanol–water partition coefficient (Wildman–Crippen LogP) is 5.01. The summed E-state index contributed by atoms with van der Waals surface area (Å²) in [5.74, 6) is -0.106. The molecule has 3 aromatic carbocycles. The first-order valence-electron chi connectivity index (χ1n) is 9.36. The van der Waals surface area contributed by atoms with E-state index >= 15 is 0 Å². The number of hydrogen-bond acceptors (Lipinski definition) is 3. The van der Waals surface area contributed by atoms with E-state index in [9.17, 15) is 4.79 Å². The van der Waals surface area contributed by atoms with Crippen LogP contribution in [0.2, 0.25) is 0 Å². The molecule has 29 heavy (non-hydrogen) atoms. The van der Waals surface area contributed by atoms with Gasteiger partial charge >= 0.3 is 0 Å². The van der Waals surface area contributed by atoms with E-state index in [1.807, 2.05) is 85.1 Å². The minimum atomic E-state index is -0.106. The second kappa shape index (κ2) is 7.13. The van der Waals surface area contributed by atoms with Gasteiger partial charge in [-0.25, -0.2) is 4.98 Å². The Morgan fingerprint density at radius 2 is 1.62 bits per heavy atom. The van der Waals surface area contributed by atoms with Gasteiger partial charge in [0.25, 0.3) is 5.91 Å². The lowest BCUT2D eigenvalue weighted by Gasteiger charge is -2.15. The Kier molecular flexibility index (Phi) is 4.18. The number of benzene rings is 3. The van der Waals surface area contributed by atoms with E-state index in [1.165, 1.54) is 0 Å². The number of carbonyl (C=O) groups is 1. The zero-order valence-corrected chi connectivity index (χ0v) is 15.5. The maximum absolute atomic E-state index is 12.8. The van der Waals surface area contributed by atoms with Crippen molar-refractivity contribution in [2.45, 2.75) is 0 Å². The Balaban J connectivity index is 1.59.